The lowest BCUT2D eigenvalue weighted by molar-refractivity contribution is 0.267. The predicted octanol–water partition coefficient (Wildman–Crippen LogP) is 3.28. The topological polar surface area (TPSA) is 64.5 Å². The molecule has 0 amide bonds. The Balaban J connectivity index is 1.65. The number of methoxy groups -OCH3 is 1. The van der Waals surface area contributed by atoms with Gasteiger partial charge in [-0.05, 0) is 42.3 Å². The average Bonchev–Trinajstić information content (AvgIpc) is 3.30. The quantitative estimate of drug-likeness (QED) is 0.774. The number of likely N-dealkylation sites (tertiary alicyclic amines) is 1. The lowest BCUT2D eigenvalue weighted by Gasteiger charge is -2.12. The number of nitrogens with zero attached hydrogens (tertiary/aromatic N) is 2. The number of hydrogen-bond donors (Lipinski definition) is 1. The van der Waals surface area contributed by atoms with Crippen LogP contribution in [0.5, 0.6) is 5.75 Å². The van der Waals surface area contributed by atoms with Gasteiger partial charge in [0.05, 0.1) is 19.2 Å². The SMILES string of the molecule is COc1ccc2ccccc2c1-c1cc(CN2CCC(CN)C2)on1. The summed E-state index contributed by atoms with van der Waals surface area (Å²) in [6.45, 7) is 3.63. The van der Waals surface area contributed by atoms with Gasteiger partial charge in [0, 0.05) is 12.6 Å². The van der Waals surface area contributed by atoms with E-state index in [2.05, 4.69) is 28.3 Å². The van der Waals surface area contributed by atoms with E-state index < -0.39 is 0 Å². The Bertz CT molecular complexity index is 874. The number of benzene rings is 2. The van der Waals surface area contributed by atoms with Gasteiger partial charge in [0.2, 0.25) is 0 Å². The van der Waals surface area contributed by atoms with Gasteiger partial charge in [-0.2, -0.15) is 0 Å². The molecule has 0 spiro atoms. The molecule has 5 heteroatoms. The second-order valence-electron chi connectivity index (χ2n) is 6.67. The Hall–Kier alpha value is -2.37. The van der Waals surface area contributed by atoms with Crippen molar-refractivity contribution in [2.45, 2.75) is 13.0 Å². The smallest absolute Gasteiger partial charge is 0.151 e. The van der Waals surface area contributed by atoms with E-state index in [0.717, 1.165) is 66.1 Å². The summed E-state index contributed by atoms with van der Waals surface area (Å²) in [6, 6.07) is 14.3. The van der Waals surface area contributed by atoms with Crippen LogP contribution in [0.25, 0.3) is 22.0 Å². The molecular weight excluding hydrogens is 314 g/mol. The fourth-order valence-electron chi connectivity index (χ4n) is 3.66. The second kappa shape index (κ2) is 6.86. The molecule has 3 aromatic rings. The standard InChI is InChI=1S/C20H23N3O2/c1-24-19-7-6-15-4-2-3-5-17(15)20(19)18-10-16(25-22-18)13-23-9-8-14(11-21)12-23/h2-7,10,14H,8-9,11-13,21H2,1H3. The molecule has 1 aliphatic rings. The summed E-state index contributed by atoms with van der Waals surface area (Å²) in [5.74, 6) is 2.28. The minimum atomic E-state index is 0.598. The molecule has 25 heavy (non-hydrogen) atoms. The molecule has 1 fully saturated rings. The first-order valence-electron chi connectivity index (χ1n) is 8.72. The Kier molecular flexibility index (Phi) is 4.42. The first-order valence-corrected chi connectivity index (χ1v) is 8.72. The highest BCUT2D eigenvalue weighted by molar-refractivity contribution is 5.98. The minimum absolute atomic E-state index is 0.598. The maximum Gasteiger partial charge on any atom is 0.151 e. The van der Waals surface area contributed by atoms with Gasteiger partial charge in [-0.1, -0.05) is 35.5 Å². The van der Waals surface area contributed by atoms with E-state index in [1.165, 1.54) is 0 Å². The Morgan fingerprint density at radius 3 is 2.96 bits per heavy atom. The summed E-state index contributed by atoms with van der Waals surface area (Å²) in [6.07, 6.45) is 1.16. The fraction of sp³-hybridized carbons (Fsp3) is 0.350. The van der Waals surface area contributed by atoms with Crippen molar-refractivity contribution in [3.05, 3.63) is 48.2 Å². The van der Waals surface area contributed by atoms with Crippen LogP contribution in [0.15, 0.2) is 47.0 Å². The molecule has 0 bridgehead atoms. The maximum atomic E-state index is 5.78. The van der Waals surface area contributed by atoms with Crippen molar-refractivity contribution in [3.8, 4) is 17.0 Å². The van der Waals surface area contributed by atoms with Crippen LogP contribution in [0.2, 0.25) is 0 Å². The molecule has 2 heterocycles. The van der Waals surface area contributed by atoms with Crippen LogP contribution in [0.1, 0.15) is 12.2 Å². The maximum absolute atomic E-state index is 5.78. The molecule has 130 valence electrons. The minimum Gasteiger partial charge on any atom is -0.496 e. The zero-order chi connectivity index (χ0) is 17.2. The lowest BCUT2D eigenvalue weighted by Crippen LogP contribution is -2.22. The van der Waals surface area contributed by atoms with Crippen LogP contribution in [0.3, 0.4) is 0 Å². The van der Waals surface area contributed by atoms with Gasteiger partial charge in [-0.25, -0.2) is 0 Å². The number of rotatable bonds is 5. The summed E-state index contributed by atoms with van der Waals surface area (Å²) in [7, 11) is 1.69. The number of nitrogens with two attached hydrogens (primary N) is 1. The van der Waals surface area contributed by atoms with Crippen LogP contribution in [0, 0.1) is 5.92 Å². The Morgan fingerprint density at radius 1 is 1.28 bits per heavy atom. The highest BCUT2D eigenvalue weighted by atomic mass is 16.5. The molecule has 0 aliphatic carbocycles. The van der Waals surface area contributed by atoms with Crippen molar-refractivity contribution < 1.29 is 9.26 Å². The number of fused-ring (bicyclic) bond motifs is 1. The van der Waals surface area contributed by atoms with Crippen LogP contribution in [-0.4, -0.2) is 36.8 Å². The molecule has 0 saturated carbocycles. The van der Waals surface area contributed by atoms with E-state index in [4.69, 9.17) is 15.0 Å². The van der Waals surface area contributed by atoms with Crippen molar-refractivity contribution in [2.24, 2.45) is 11.7 Å². The van der Waals surface area contributed by atoms with Crippen molar-refractivity contribution in [2.75, 3.05) is 26.7 Å². The van der Waals surface area contributed by atoms with E-state index in [9.17, 15) is 0 Å². The molecular formula is C20H23N3O2. The van der Waals surface area contributed by atoms with Gasteiger partial charge in [0.25, 0.3) is 0 Å². The molecule has 0 radical (unpaired) electrons. The monoisotopic (exact) mass is 337 g/mol. The van der Waals surface area contributed by atoms with Crippen molar-refractivity contribution in [3.63, 3.8) is 0 Å². The van der Waals surface area contributed by atoms with E-state index in [0.29, 0.717) is 5.92 Å². The Labute approximate surface area is 147 Å². The lowest BCUT2D eigenvalue weighted by atomic mass is 10.0. The molecule has 4 rings (SSSR count). The summed E-state index contributed by atoms with van der Waals surface area (Å²) >= 11 is 0. The normalized spacial score (nSPS) is 18.1. The summed E-state index contributed by atoms with van der Waals surface area (Å²) in [4.78, 5) is 2.38. The van der Waals surface area contributed by atoms with Crippen LogP contribution in [0.4, 0.5) is 0 Å². The van der Waals surface area contributed by atoms with Gasteiger partial charge < -0.3 is 15.0 Å². The van der Waals surface area contributed by atoms with Gasteiger partial charge in [-0.3, -0.25) is 4.90 Å². The molecule has 2 aromatic carbocycles. The van der Waals surface area contributed by atoms with Crippen LogP contribution in [-0.2, 0) is 6.54 Å². The Morgan fingerprint density at radius 2 is 2.16 bits per heavy atom. The van der Waals surface area contributed by atoms with Crippen molar-refractivity contribution in [1.29, 1.82) is 0 Å². The second-order valence-corrected chi connectivity index (χ2v) is 6.67. The largest absolute Gasteiger partial charge is 0.496 e. The van der Waals surface area contributed by atoms with Gasteiger partial charge >= 0.3 is 0 Å². The molecule has 1 saturated heterocycles. The van der Waals surface area contributed by atoms with Crippen molar-refractivity contribution in [1.82, 2.24) is 10.1 Å². The summed E-state index contributed by atoms with van der Waals surface area (Å²) in [5.41, 5.74) is 7.58. The molecule has 1 aliphatic heterocycles. The highest BCUT2D eigenvalue weighted by Gasteiger charge is 2.23. The van der Waals surface area contributed by atoms with Crippen LogP contribution < -0.4 is 10.5 Å². The summed E-state index contributed by atoms with van der Waals surface area (Å²) in [5, 5.41) is 6.60. The van der Waals surface area contributed by atoms with E-state index in [-0.39, 0.29) is 0 Å². The summed E-state index contributed by atoms with van der Waals surface area (Å²) < 4.78 is 11.2. The fourth-order valence-corrected chi connectivity index (χ4v) is 3.66. The van der Waals surface area contributed by atoms with Gasteiger partial charge in [0.15, 0.2) is 5.76 Å². The average molecular weight is 337 g/mol. The number of aromatic nitrogens is 1. The molecule has 2 N–H and O–H groups in total. The predicted molar refractivity (Wildman–Crippen MR) is 98.4 cm³/mol. The van der Waals surface area contributed by atoms with Crippen LogP contribution >= 0.6 is 0 Å². The van der Waals surface area contributed by atoms with Gasteiger partial charge in [0.1, 0.15) is 11.4 Å². The first kappa shape index (κ1) is 16.1. The third kappa shape index (κ3) is 3.13. The van der Waals surface area contributed by atoms with Gasteiger partial charge in [-0.15, -0.1) is 0 Å². The molecule has 5 nitrogen and oxygen atoms in total. The number of hydrogen-bond acceptors (Lipinski definition) is 5. The zero-order valence-electron chi connectivity index (χ0n) is 14.4. The first-order chi connectivity index (χ1) is 12.3. The van der Waals surface area contributed by atoms with E-state index in [1.807, 2.05) is 24.3 Å². The molecule has 1 unspecified atom stereocenters. The van der Waals surface area contributed by atoms with E-state index >= 15 is 0 Å². The zero-order valence-corrected chi connectivity index (χ0v) is 14.4. The third-order valence-electron chi connectivity index (χ3n) is 5.01. The third-order valence-corrected chi connectivity index (χ3v) is 5.01. The van der Waals surface area contributed by atoms with E-state index in [1.54, 1.807) is 7.11 Å². The molecule has 1 atom stereocenters. The van der Waals surface area contributed by atoms with Crippen molar-refractivity contribution >= 4 is 10.8 Å². The molecule has 1 aromatic heterocycles. The number of ether oxygens (including phenoxy) is 1. The highest BCUT2D eigenvalue weighted by Crippen LogP contribution is 2.36.